The molecule has 2 aliphatic heterocycles. The van der Waals surface area contributed by atoms with Crippen LogP contribution >= 0.6 is 21.6 Å². The van der Waals surface area contributed by atoms with Gasteiger partial charge in [-0.05, 0) is 0 Å². The number of nitrogens with one attached hydrogen (secondary N) is 2. The summed E-state index contributed by atoms with van der Waals surface area (Å²) in [5.74, 6) is 1.14. The standard InChI is InChI=1S/C8H18N4S2/c9-8-7-11-2-5-12(8)4-1-10-3-6-13-14-8/h10-11H,1-7,9H2. The van der Waals surface area contributed by atoms with Gasteiger partial charge in [-0.1, -0.05) is 21.6 Å². The molecule has 2 fully saturated rings. The second-order valence-corrected chi connectivity index (χ2v) is 6.39. The molecule has 1 unspecified atom stereocenters. The lowest BCUT2D eigenvalue weighted by atomic mass is 10.3. The SMILES string of the molecule is NC12CNCCN1CCNCCSS2. The van der Waals surface area contributed by atoms with E-state index in [-0.39, 0.29) is 4.99 Å². The van der Waals surface area contributed by atoms with Gasteiger partial charge in [0, 0.05) is 45.0 Å². The van der Waals surface area contributed by atoms with E-state index in [0.29, 0.717) is 0 Å². The van der Waals surface area contributed by atoms with E-state index >= 15 is 0 Å². The number of rotatable bonds is 0. The first-order chi connectivity index (χ1) is 6.81. The third-order valence-corrected chi connectivity index (χ3v) is 5.50. The minimum atomic E-state index is -0.199. The van der Waals surface area contributed by atoms with E-state index < -0.39 is 0 Å². The Morgan fingerprint density at radius 3 is 2.79 bits per heavy atom. The second-order valence-electron chi connectivity index (χ2n) is 3.66. The van der Waals surface area contributed by atoms with Crippen molar-refractivity contribution < 1.29 is 0 Å². The Bertz CT molecular complexity index is 192. The van der Waals surface area contributed by atoms with Gasteiger partial charge in [-0.3, -0.25) is 4.90 Å². The maximum Gasteiger partial charge on any atom is 0.140 e. The van der Waals surface area contributed by atoms with Crippen LogP contribution in [-0.4, -0.2) is 54.9 Å². The van der Waals surface area contributed by atoms with Crippen molar-refractivity contribution in [3.63, 3.8) is 0 Å². The van der Waals surface area contributed by atoms with Gasteiger partial charge in [0.15, 0.2) is 0 Å². The highest BCUT2D eigenvalue weighted by atomic mass is 33.1. The normalized spacial score (nSPS) is 36.6. The van der Waals surface area contributed by atoms with Crippen LogP contribution in [0.1, 0.15) is 0 Å². The lowest BCUT2D eigenvalue weighted by Gasteiger charge is -2.43. The molecule has 6 heteroatoms. The van der Waals surface area contributed by atoms with E-state index in [4.69, 9.17) is 5.73 Å². The molecule has 0 aromatic carbocycles. The molecule has 82 valence electrons. The largest absolute Gasteiger partial charge is 0.315 e. The lowest BCUT2D eigenvalue weighted by molar-refractivity contribution is 0.141. The predicted molar refractivity (Wildman–Crippen MR) is 64.3 cm³/mol. The first kappa shape index (κ1) is 11.0. The molecule has 0 aromatic rings. The van der Waals surface area contributed by atoms with Crippen molar-refractivity contribution in [2.24, 2.45) is 5.73 Å². The number of hydrogen-bond donors (Lipinski definition) is 3. The van der Waals surface area contributed by atoms with E-state index in [1.807, 2.05) is 21.6 Å². The Labute approximate surface area is 93.1 Å². The number of fused-ring (bicyclic) bond motifs is 1. The molecule has 14 heavy (non-hydrogen) atoms. The van der Waals surface area contributed by atoms with Gasteiger partial charge in [-0.2, -0.15) is 0 Å². The van der Waals surface area contributed by atoms with E-state index in [9.17, 15) is 0 Å². The number of hydrogen-bond acceptors (Lipinski definition) is 6. The summed E-state index contributed by atoms with van der Waals surface area (Å²) in [4.78, 5) is 2.19. The number of piperazine rings is 1. The van der Waals surface area contributed by atoms with Gasteiger partial charge >= 0.3 is 0 Å². The first-order valence-corrected chi connectivity index (χ1v) is 7.39. The van der Waals surface area contributed by atoms with Crippen LogP contribution in [0.2, 0.25) is 0 Å². The molecule has 0 aromatic heterocycles. The van der Waals surface area contributed by atoms with Crippen molar-refractivity contribution in [3.05, 3.63) is 0 Å². The predicted octanol–water partition coefficient (Wildman–Crippen LogP) is -0.511. The summed E-state index contributed by atoms with van der Waals surface area (Å²) < 4.78 is 0. The number of nitrogens with zero attached hydrogens (tertiary/aromatic N) is 1. The quantitative estimate of drug-likeness (QED) is 0.491. The Kier molecular flexibility index (Phi) is 3.98. The molecule has 0 amide bonds. The average molecular weight is 234 g/mol. The molecule has 4 nitrogen and oxygen atoms in total. The third-order valence-electron chi connectivity index (χ3n) is 2.60. The molecule has 1 atom stereocenters. The molecule has 0 saturated carbocycles. The van der Waals surface area contributed by atoms with Crippen molar-refractivity contribution >= 4 is 21.6 Å². The van der Waals surface area contributed by atoms with Gasteiger partial charge in [0.25, 0.3) is 0 Å². The van der Waals surface area contributed by atoms with Crippen molar-refractivity contribution in [2.45, 2.75) is 4.99 Å². The monoisotopic (exact) mass is 234 g/mol. The minimum Gasteiger partial charge on any atom is -0.315 e. The van der Waals surface area contributed by atoms with Crippen LogP contribution in [0.3, 0.4) is 0 Å². The third kappa shape index (κ3) is 2.56. The van der Waals surface area contributed by atoms with Gasteiger partial charge in [-0.15, -0.1) is 0 Å². The summed E-state index contributed by atoms with van der Waals surface area (Å²) in [7, 11) is 3.69. The second kappa shape index (κ2) is 5.05. The molecule has 2 saturated heterocycles. The number of nitrogens with two attached hydrogens (primary N) is 1. The molecule has 0 radical (unpaired) electrons. The topological polar surface area (TPSA) is 53.3 Å². The molecule has 0 aliphatic carbocycles. The molecule has 0 bridgehead atoms. The summed E-state index contributed by atoms with van der Waals surface area (Å²) >= 11 is 0. The first-order valence-electron chi connectivity index (χ1n) is 5.07. The minimum absolute atomic E-state index is 0.199. The molecular formula is C8H18N4S2. The highest BCUT2D eigenvalue weighted by Crippen LogP contribution is 2.35. The van der Waals surface area contributed by atoms with Gasteiger partial charge < -0.3 is 16.4 Å². The Hall–Kier alpha value is 0.540. The highest BCUT2D eigenvalue weighted by molar-refractivity contribution is 8.77. The van der Waals surface area contributed by atoms with Crippen LogP contribution in [-0.2, 0) is 0 Å². The van der Waals surface area contributed by atoms with Crippen LogP contribution in [0.5, 0.6) is 0 Å². The lowest BCUT2D eigenvalue weighted by Crippen LogP contribution is -2.65. The van der Waals surface area contributed by atoms with Crippen LogP contribution in [0.25, 0.3) is 0 Å². The summed E-state index contributed by atoms with van der Waals surface area (Å²) in [5.41, 5.74) is 6.38. The van der Waals surface area contributed by atoms with Crippen molar-refractivity contribution in [1.29, 1.82) is 0 Å². The van der Waals surface area contributed by atoms with Crippen LogP contribution < -0.4 is 16.4 Å². The van der Waals surface area contributed by atoms with E-state index in [1.165, 1.54) is 0 Å². The van der Waals surface area contributed by atoms with Gasteiger partial charge in [0.1, 0.15) is 4.99 Å². The van der Waals surface area contributed by atoms with Crippen molar-refractivity contribution in [1.82, 2.24) is 15.5 Å². The Morgan fingerprint density at radius 2 is 1.93 bits per heavy atom. The molecular weight excluding hydrogens is 216 g/mol. The average Bonchev–Trinajstić information content (AvgIpc) is 2.27. The van der Waals surface area contributed by atoms with E-state index in [1.54, 1.807) is 0 Å². The molecule has 4 N–H and O–H groups in total. The summed E-state index contributed by atoms with van der Waals surface area (Å²) in [6.07, 6.45) is 0. The zero-order chi connectivity index (χ0) is 9.86. The van der Waals surface area contributed by atoms with E-state index in [0.717, 1.165) is 45.0 Å². The van der Waals surface area contributed by atoms with Crippen LogP contribution in [0.15, 0.2) is 0 Å². The molecule has 2 aliphatic rings. The Morgan fingerprint density at radius 1 is 1.14 bits per heavy atom. The summed E-state index contributed by atoms with van der Waals surface area (Å²) in [5, 5.41) is 6.80. The summed E-state index contributed by atoms with van der Waals surface area (Å²) in [6, 6.07) is 0. The van der Waals surface area contributed by atoms with Crippen LogP contribution in [0, 0.1) is 0 Å². The van der Waals surface area contributed by atoms with Gasteiger partial charge in [-0.25, -0.2) is 0 Å². The van der Waals surface area contributed by atoms with E-state index in [2.05, 4.69) is 15.5 Å². The van der Waals surface area contributed by atoms with Crippen molar-refractivity contribution in [2.75, 3.05) is 45.0 Å². The smallest absolute Gasteiger partial charge is 0.140 e. The molecule has 2 heterocycles. The highest BCUT2D eigenvalue weighted by Gasteiger charge is 2.35. The maximum atomic E-state index is 6.38. The maximum absolute atomic E-state index is 6.38. The molecule has 2 rings (SSSR count). The Balaban J connectivity index is 2.01. The van der Waals surface area contributed by atoms with Crippen molar-refractivity contribution in [3.8, 4) is 0 Å². The van der Waals surface area contributed by atoms with Crippen LogP contribution in [0.4, 0.5) is 0 Å². The van der Waals surface area contributed by atoms with Gasteiger partial charge in [0.2, 0.25) is 0 Å². The zero-order valence-corrected chi connectivity index (χ0v) is 9.92. The zero-order valence-electron chi connectivity index (χ0n) is 8.29. The fourth-order valence-corrected chi connectivity index (χ4v) is 4.33. The fraction of sp³-hybridized carbons (Fsp3) is 1.00. The van der Waals surface area contributed by atoms with Gasteiger partial charge in [0.05, 0.1) is 0 Å². The molecule has 0 spiro atoms. The summed E-state index contributed by atoms with van der Waals surface area (Å²) in [6.45, 7) is 6.22. The fourth-order valence-electron chi connectivity index (χ4n) is 1.76.